The van der Waals surface area contributed by atoms with Gasteiger partial charge in [-0.2, -0.15) is 0 Å². The van der Waals surface area contributed by atoms with Crippen molar-refractivity contribution in [1.82, 2.24) is 5.32 Å². The van der Waals surface area contributed by atoms with Gasteiger partial charge in [0.05, 0.1) is 92.5 Å². The summed E-state index contributed by atoms with van der Waals surface area (Å²) < 4.78 is 38.6. The Balaban J connectivity index is 2.95. The summed E-state index contributed by atoms with van der Waals surface area (Å²) in [6.07, 6.45) is 0. The second kappa shape index (κ2) is 25.4. The summed E-state index contributed by atoms with van der Waals surface area (Å²) in [4.78, 5) is 0. The van der Waals surface area contributed by atoms with E-state index in [-0.39, 0.29) is 0 Å². The molecule has 9 heteroatoms. The van der Waals surface area contributed by atoms with Crippen LogP contribution in [0.1, 0.15) is 0 Å². The van der Waals surface area contributed by atoms with Gasteiger partial charge in [0.1, 0.15) is 0 Å². The summed E-state index contributed by atoms with van der Waals surface area (Å²) >= 11 is 2.28. The summed E-state index contributed by atoms with van der Waals surface area (Å²) in [6.45, 7) is 9.32. The van der Waals surface area contributed by atoms with Gasteiger partial charge in [-0.25, -0.2) is 0 Å². The minimum atomic E-state index is 0.557. The molecular formula is C17H36INO7. The molecule has 0 spiro atoms. The van der Waals surface area contributed by atoms with Gasteiger partial charge in [0, 0.05) is 11.0 Å². The summed E-state index contributed by atoms with van der Waals surface area (Å²) in [6, 6.07) is 0. The van der Waals surface area contributed by atoms with Gasteiger partial charge in [0.25, 0.3) is 0 Å². The second-order valence-corrected chi connectivity index (χ2v) is 6.16. The van der Waals surface area contributed by atoms with Crippen molar-refractivity contribution in [1.29, 1.82) is 0 Å². The fourth-order valence-electron chi connectivity index (χ4n) is 1.65. The lowest BCUT2D eigenvalue weighted by Gasteiger charge is -2.08. The Morgan fingerprint density at radius 3 is 1.00 bits per heavy atom. The maximum absolute atomic E-state index is 5.41. The number of likely N-dealkylation sites (N-methyl/N-ethyl adjacent to an activating group) is 1. The number of hydrogen-bond donors (Lipinski definition) is 1. The first-order valence-electron chi connectivity index (χ1n) is 9.16. The Bertz CT molecular complexity index is 229. The number of nitrogens with one attached hydrogen (secondary N) is 1. The van der Waals surface area contributed by atoms with E-state index in [0.717, 1.165) is 17.6 Å². The third kappa shape index (κ3) is 24.4. The van der Waals surface area contributed by atoms with Gasteiger partial charge >= 0.3 is 0 Å². The largest absolute Gasteiger partial charge is 0.378 e. The number of rotatable bonds is 23. The third-order valence-electron chi connectivity index (χ3n) is 2.95. The molecule has 0 rings (SSSR count). The van der Waals surface area contributed by atoms with Crippen molar-refractivity contribution in [3.05, 3.63) is 0 Å². The molecular weight excluding hydrogens is 457 g/mol. The molecule has 1 N–H and O–H groups in total. The Morgan fingerprint density at radius 2 is 0.731 bits per heavy atom. The molecule has 26 heavy (non-hydrogen) atoms. The molecule has 8 nitrogen and oxygen atoms in total. The first-order chi connectivity index (χ1) is 12.9. The van der Waals surface area contributed by atoms with Crippen LogP contribution < -0.4 is 5.32 Å². The van der Waals surface area contributed by atoms with Gasteiger partial charge < -0.3 is 38.5 Å². The molecule has 158 valence electrons. The minimum Gasteiger partial charge on any atom is -0.378 e. The van der Waals surface area contributed by atoms with Crippen LogP contribution in [0.2, 0.25) is 0 Å². The number of halogens is 1. The molecule has 0 radical (unpaired) electrons. The van der Waals surface area contributed by atoms with Crippen molar-refractivity contribution >= 4 is 22.6 Å². The van der Waals surface area contributed by atoms with Crippen LogP contribution in [0.4, 0.5) is 0 Å². The molecule has 0 amide bonds. The predicted molar refractivity (Wildman–Crippen MR) is 109 cm³/mol. The van der Waals surface area contributed by atoms with Crippen LogP contribution >= 0.6 is 22.6 Å². The quantitative estimate of drug-likeness (QED) is 0.127. The fraction of sp³-hybridized carbons (Fsp3) is 1.00. The Hall–Kier alpha value is 0.410. The number of hydrogen-bond acceptors (Lipinski definition) is 8. The zero-order valence-electron chi connectivity index (χ0n) is 16.0. The van der Waals surface area contributed by atoms with E-state index in [9.17, 15) is 0 Å². The highest BCUT2D eigenvalue weighted by Crippen LogP contribution is 1.86. The van der Waals surface area contributed by atoms with Gasteiger partial charge in [-0.05, 0) is 7.05 Å². The van der Waals surface area contributed by atoms with Crippen LogP contribution in [0.3, 0.4) is 0 Å². The molecule has 0 bridgehead atoms. The molecule has 0 saturated carbocycles. The lowest BCUT2D eigenvalue weighted by atomic mass is 10.6. The SMILES string of the molecule is CNCCOCCOCCOCCOCCOCCOCCOCCI. The third-order valence-corrected chi connectivity index (χ3v) is 3.39. The number of ether oxygens (including phenoxy) is 7. The Kier molecular flexibility index (Phi) is 25.8. The van der Waals surface area contributed by atoms with E-state index in [1.54, 1.807) is 0 Å². The molecule has 0 heterocycles. The highest BCUT2D eigenvalue weighted by Gasteiger charge is 1.94. The zero-order valence-corrected chi connectivity index (χ0v) is 18.2. The summed E-state index contributed by atoms with van der Waals surface area (Å²) in [5, 5.41) is 3.01. The molecule has 0 aliphatic rings. The summed E-state index contributed by atoms with van der Waals surface area (Å²) in [5.41, 5.74) is 0. The molecule has 0 aromatic rings. The summed E-state index contributed by atoms with van der Waals surface area (Å²) in [7, 11) is 1.90. The maximum Gasteiger partial charge on any atom is 0.0701 e. The Labute approximate surface area is 171 Å². The summed E-state index contributed by atoms with van der Waals surface area (Å²) in [5.74, 6) is 0. The van der Waals surface area contributed by atoms with E-state index in [2.05, 4.69) is 27.9 Å². The van der Waals surface area contributed by atoms with Crippen LogP contribution in [0, 0.1) is 0 Å². The van der Waals surface area contributed by atoms with Gasteiger partial charge in [-0.1, -0.05) is 22.6 Å². The van der Waals surface area contributed by atoms with Gasteiger partial charge in [0.2, 0.25) is 0 Å². The van der Waals surface area contributed by atoms with Gasteiger partial charge in [0.15, 0.2) is 0 Å². The molecule has 0 saturated heterocycles. The van der Waals surface area contributed by atoms with Gasteiger partial charge in [-0.3, -0.25) is 0 Å². The van der Waals surface area contributed by atoms with Crippen molar-refractivity contribution < 1.29 is 33.2 Å². The van der Waals surface area contributed by atoms with Crippen molar-refractivity contribution in [2.45, 2.75) is 0 Å². The topological polar surface area (TPSA) is 76.6 Å². The average Bonchev–Trinajstić information content (AvgIpc) is 2.66. The van der Waals surface area contributed by atoms with Crippen molar-refractivity contribution in [2.75, 3.05) is 111 Å². The second-order valence-electron chi connectivity index (χ2n) is 5.08. The standard InChI is InChI=1S/C17H36INO7/c1-19-3-5-21-7-9-23-11-13-25-15-17-26-16-14-24-12-10-22-8-6-20-4-2-18/h19H,2-17H2,1H3. The van der Waals surface area contributed by atoms with Crippen LogP contribution in [-0.4, -0.2) is 111 Å². The zero-order chi connectivity index (χ0) is 19.0. The van der Waals surface area contributed by atoms with Crippen LogP contribution in [-0.2, 0) is 33.2 Å². The highest BCUT2D eigenvalue weighted by atomic mass is 127. The maximum atomic E-state index is 5.41. The van der Waals surface area contributed by atoms with Crippen LogP contribution in [0.25, 0.3) is 0 Å². The average molecular weight is 493 g/mol. The molecule has 0 aliphatic heterocycles. The van der Waals surface area contributed by atoms with Crippen LogP contribution in [0.5, 0.6) is 0 Å². The Morgan fingerprint density at radius 1 is 0.462 bits per heavy atom. The van der Waals surface area contributed by atoms with Crippen LogP contribution in [0.15, 0.2) is 0 Å². The van der Waals surface area contributed by atoms with E-state index in [1.807, 2.05) is 7.05 Å². The van der Waals surface area contributed by atoms with Gasteiger partial charge in [-0.15, -0.1) is 0 Å². The molecule has 0 atom stereocenters. The van der Waals surface area contributed by atoms with E-state index in [4.69, 9.17) is 33.2 Å². The predicted octanol–water partition coefficient (Wildman–Crippen LogP) is 0.757. The molecule has 0 aromatic carbocycles. The molecule has 0 unspecified atom stereocenters. The smallest absolute Gasteiger partial charge is 0.0701 e. The van der Waals surface area contributed by atoms with Crippen molar-refractivity contribution in [3.8, 4) is 0 Å². The van der Waals surface area contributed by atoms with E-state index >= 15 is 0 Å². The molecule has 0 aromatic heterocycles. The first kappa shape index (κ1) is 26.4. The van der Waals surface area contributed by atoms with E-state index in [0.29, 0.717) is 85.9 Å². The lowest BCUT2D eigenvalue weighted by Crippen LogP contribution is -2.17. The highest BCUT2D eigenvalue weighted by molar-refractivity contribution is 14.1. The number of alkyl halides is 1. The lowest BCUT2D eigenvalue weighted by molar-refractivity contribution is -0.0198. The normalized spacial score (nSPS) is 11.3. The van der Waals surface area contributed by atoms with E-state index in [1.165, 1.54) is 0 Å². The first-order valence-corrected chi connectivity index (χ1v) is 10.7. The minimum absolute atomic E-state index is 0.557. The van der Waals surface area contributed by atoms with Crippen molar-refractivity contribution in [2.24, 2.45) is 0 Å². The molecule has 0 fully saturated rings. The fourth-order valence-corrected chi connectivity index (χ4v) is 1.96. The monoisotopic (exact) mass is 493 g/mol. The van der Waals surface area contributed by atoms with Crippen molar-refractivity contribution in [3.63, 3.8) is 0 Å². The molecule has 0 aliphatic carbocycles. The van der Waals surface area contributed by atoms with E-state index < -0.39 is 0 Å².